The van der Waals surface area contributed by atoms with Crippen LogP contribution in [0.1, 0.15) is 42.5 Å². The van der Waals surface area contributed by atoms with Crippen molar-refractivity contribution in [2.75, 3.05) is 26.2 Å². The summed E-state index contributed by atoms with van der Waals surface area (Å²) in [4.78, 5) is 16.0. The predicted molar refractivity (Wildman–Crippen MR) is 111 cm³/mol. The molecule has 1 amide bonds. The molecule has 4 nitrogen and oxygen atoms in total. The molecule has 0 aromatic heterocycles. The molecule has 1 aliphatic carbocycles. The van der Waals surface area contributed by atoms with Gasteiger partial charge in [0.25, 0.3) is 5.91 Å². The van der Waals surface area contributed by atoms with Gasteiger partial charge < -0.3 is 15.1 Å². The van der Waals surface area contributed by atoms with Gasteiger partial charge in [0.2, 0.25) is 0 Å². The Morgan fingerprint density at radius 3 is 2.54 bits per heavy atom. The fourth-order valence-corrected chi connectivity index (χ4v) is 4.80. The zero-order valence-corrected chi connectivity index (χ0v) is 16.9. The van der Waals surface area contributed by atoms with E-state index in [9.17, 15) is 4.79 Å². The Morgan fingerprint density at radius 2 is 1.75 bits per heavy atom. The highest BCUT2D eigenvalue weighted by Crippen LogP contribution is 2.29. The monoisotopic (exact) mass is 379 g/mol. The van der Waals surface area contributed by atoms with Crippen LogP contribution in [0.3, 0.4) is 0 Å². The summed E-state index contributed by atoms with van der Waals surface area (Å²) in [5, 5.41) is 3.36. The maximum atomic E-state index is 13.0. The summed E-state index contributed by atoms with van der Waals surface area (Å²) in [5.74, 6) is 0.211. The molecule has 0 saturated carbocycles. The first kappa shape index (κ1) is 19.2. The Hall–Kier alpha value is -2.17. The zero-order chi connectivity index (χ0) is 19.3. The molecule has 0 unspecified atom stereocenters. The van der Waals surface area contributed by atoms with E-state index >= 15 is 0 Å². The largest absolute Gasteiger partial charge is 0.344 e. The van der Waals surface area contributed by atoms with Gasteiger partial charge in [-0.2, -0.15) is 0 Å². The van der Waals surface area contributed by atoms with Crippen LogP contribution in [0.25, 0.3) is 0 Å². The Morgan fingerprint density at radius 1 is 1.04 bits per heavy atom. The smallest absolute Gasteiger partial charge is 0.278 e. The molecule has 4 rings (SSSR count). The molecule has 0 spiro atoms. The van der Waals surface area contributed by atoms with E-state index in [1.54, 1.807) is 4.90 Å². The number of hydrogen-bond donors (Lipinski definition) is 3. The molecular weight excluding hydrogens is 346 g/mol. The van der Waals surface area contributed by atoms with Crippen molar-refractivity contribution in [1.82, 2.24) is 5.32 Å². The van der Waals surface area contributed by atoms with Crippen molar-refractivity contribution in [1.29, 1.82) is 0 Å². The van der Waals surface area contributed by atoms with Gasteiger partial charge >= 0.3 is 0 Å². The van der Waals surface area contributed by atoms with Gasteiger partial charge in [-0.25, -0.2) is 0 Å². The molecular formula is C24H33N3O+2. The van der Waals surface area contributed by atoms with E-state index in [0.29, 0.717) is 0 Å². The Labute approximate surface area is 168 Å². The molecule has 0 radical (unpaired) electrons. The van der Waals surface area contributed by atoms with Crippen LogP contribution in [-0.4, -0.2) is 38.1 Å². The number of piperazine rings is 1. The molecule has 4 heteroatoms. The second-order valence-corrected chi connectivity index (χ2v) is 8.44. The first-order valence-corrected chi connectivity index (χ1v) is 10.8. The second kappa shape index (κ2) is 8.89. The molecule has 2 aromatic carbocycles. The van der Waals surface area contributed by atoms with Crippen molar-refractivity contribution in [3.63, 3.8) is 0 Å². The van der Waals surface area contributed by atoms with Crippen LogP contribution in [0.15, 0.2) is 54.6 Å². The number of benzene rings is 2. The van der Waals surface area contributed by atoms with Crippen molar-refractivity contribution in [3.8, 4) is 0 Å². The van der Waals surface area contributed by atoms with Gasteiger partial charge in [0.1, 0.15) is 32.7 Å². The summed E-state index contributed by atoms with van der Waals surface area (Å²) >= 11 is 0. The van der Waals surface area contributed by atoms with Crippen molar-refractivity contribution < 1.29 is 14.6 Å². The summed E-state index contributed by atoms with van der Waals surface area (Å²) < 4.78 is 0. The quantitative estimate of drug-likeness (QED) is 0.698. The highest BCUT2D eigenvalue weighted by atomic mass is 16.2. The number of amides is 1. The predicted octanol–water partition coefficient (Wildman–Crippen LogP) is 0.552. The van der Waals surface area contributed by atoms with Crippen LogP contribution in [0, 0.1) is 0 Å². The minimum absolute atomic E-state index is 0.0207. The minimum Gasteiger partial charge on any atom is -0.344 e. The van der Waals surface area contributed by atoms with Crippen LogP contribution in [0.4, 0.5) is 0 Å². The van der Waals surface area contributed by atoms with E-state index in [0.717, 1.165) is 52.0 Å². The van der Waals surface area contributed by atoms with Gasteiger partial charge in [0.15, 0.2) is 6.04 Å². The summed E-state index contributed by atoms with van der Waals surface area (Å²) in [6, 6.07) is 19.5. The zero-order valence-electron chi connectivity index (χ0n) is 16.9. The number of carbonyl (C=O) groups is 1. The summed E-state index contributed by atoms with van der Waals surface area (Å²) in [5.41, 5.74) is 4.13. The normalized spacial score (nSPS) is 25.5. The van der Waals surface area contributed by atoms with Gasteiger partial charge in [0.05, 0.1) is 6.04 Å². The van der Waals surface area contributed by atoms with Gasteiger partial charge in [-0.15, -0.1) is 0 Å². The highest BCUT2D eigenvalue weighted by molar-refractivity contribution is 5.80. The molecule has 2 atom stereocenters. The van der Waals surface area contributed by atoms with E-state index in [1.165, 1.54) is 21.6 Å². The number of quaternary nitrogens is 2. The van der Waals surface area contributed by atoms with Crippen LogP contribution in [-0.2, 0) is 17.8 Å². The molecule has 0 bridgehead atoms. The summed E-state index contributed by atoms with van der Waals surface area (Å²) in [6.45, 7) is 7.59. The third-order valence-electron chi connectivity index (χ3n) is 6.59. The third kappa shape index (κ3) is 4.45. The molecule has 3 N–H and O–H groups in total. The van der Waals surface area contributed by atoms with Crippen molar-refractivity contribution >= 4 is 5.91 Å². The first-order valence-electron chi connectivity index (χ1n) is 10.8. The van der Waals surface area contributed by atoms with E-state index in [1.807, 2.05) is 0 Å². The second-order valence-electron chi connectivity index (χ2n) is 8.44. The van der Waals surface area contributed by atoms with Crippen LogP contribution in [0.2, 0.25) is 0 Å². The van der Waals surface area contributed by atoms with E-state index < -0.39 is 0 Å². The fraction of sp³-hybridized carbons (Fsp3) is 0.458. The lowest BCUT2D eigenvalue weighted by Crippen LogP contribution is -3.29. The summed E-state index contributed by atoms with van der Waals surface area (Å²) in [6.07, 6.45) is 3.35. The van der Waals surface area contributed by atoms with Gasteiger partial charge in [-0.3, -0.25) is 4.79 Å². The average molecular weight is 380 g/mol. The molecule has 28 heavy (non-hydrogen) atoms. The molecule has 2 aromatic rings. The fourth-order valence-electron chi connectivity index (χ4n) is 4.80. The maximum absolute atomic E-state index is 13.0. The topological polar surface area (TPSA) is 38.0 Å². The molecule has 1 heterocycles. The number of fused-ring (bicyclic) bond motifs is 1. The van der Waals surface area contributed by atoms with Gasteiger partial charge in [-0.05, 0) is 37.3 Å². The summed E-state index contributed by atoms with van der Waals surface area (Å²) in [7, 11) is 0. The van der Waals surface area contributed by atoms with Crippen molar-refractivity contribution in [3.05, 3.63) is 71.3 Å². The van der Waals surface area contributed by atoms with Gasteiger partial charge in [-0.1, -0.05) is 54.6 Å². The highest BCUT2D eigenvalue weighted by Gasteiger charge is 2.32. The number of hydrogen-bond acceptors (Lipinski definition) is 1. The van der Waals surface area contributed by atoms with Gasteiger partial charge in [0, 0.05) is 5.56 Å². The molecule has 1 fully saturated rings. The lowest BCUT2D eigenvalue weighted by atomic mass is 9.87. The molecule has 2 aliphatic rings. The SMILES string of the molecule is C[C@@H](C(=O)N[C@@H]1CCCc2ccccc21)[NH+]1CC[NH+](Cc2ccccc2)CC1. The molecule has 148 valence electrons. The number of rotatable bonds is 5. The van der Waals surface area contributed by atoms with E-state index in [-0.39, 0.29) is 18.0 Å². The Bertz CT molecular complexity index is 783. The Balaban J connectivity index is 1.29. The number of nitrogens with one attached hydrogen (secondary N) is 3. The maximum Gasteiger partial charge on any atom is 0.278 e. The van der Waals surface area contributed by atoms with Crippen LogP contribution in [0.5, 0.6) is 0 Å². The van der Waals surface area contributed by atoms with E-state index in [2.05, 4.69) is 66.8 Å². The van der Waals surface area contributed by atoms with Crippen LogP contribution < -0.4 is 15.1 Å². The number of carbonyl (C=O) groups excluding carboxylic acids is 1. The lowest BCUT2D eigenvalue weighted by molar-refractivity contribution is -1.02. The van der Waals surface area contributed by atoms with Crippen LogP contribution >= 0.6 is 0 Å². The average Bonchev–Trinajstić information content (AvgIpc) is 2.75. The van der Waals surface area contributed by atoms with Crippen molar-refractivity contribution in [2.24, 2.45) is 0 Å². The third-order valence-corrected chi connectivity index (χ3v) is 6.59. The number of aryl methyl sites for hydroxylation is 1. The molecule has 1 aliphatic heterocycles. The molecule has 1 saturated heterocycles. The Kier molecular flexibility index (Phi) is 6.08. The first-order chi connectivity index (χ1) is 13.7. The van der Waals surface area contributed by atoms with E-state index in [4.69, 9.17) is 0 Å². The lowest BCUT2D eigenvalue weighted by Gasteiger charge is -2.34. The minimum atomic E-state index is 0.0207. The van der Waals surface area contributed by atoms with Crippen molar-refractivity contribution in [2.45, 2.75) is 44.8 Å². The standard InChI is InChI=1S/C24H31N3O/c1-19(24(28)25-23-13-7-11-21-10-5-6-12-22(21)23)27-16-14-26(15-17-27)18-20-8-3-2-4-9-20/h2-6,8-10,12,19,23H,7,11,13-18H2,1H3,(H,25,28)/p+2/t19-,23+/m0/s1.